The molecule has 7 nitrogen and oxygen atoms in total. The molecule has 0 unspecified atom stereocenters. The fourth-order valence-corrected chi connectivity index (χ4v) is 6.01. The molecule has 0 aliphatic carbocycles. The summed E-state index contributed by atoms with van der Waals surface area (Å²) in [6.07, 6.45) is 8.71. The zero-order valence-electron chi connectivity index (χ0n) is 25.1. The summed E-state index contributed by atoms with van der Waals surface area (Å²) in [5, 5.41) is 3.70. The number of aryl methyl sites for hydroxylation is 1. The number of halogens is 1. The van der Waals surface area contributed by atoms with Gasteiger partial charge in [-0.05, 0) is 73.2 Å². The van der Waals surface area contributed by atoms with Gasteiger partial charge in [-0.25, -0.2) is 4.98 Å². The van der Waals surface area contributed by atoms with Crippen molar-refractivity contribution in [2.24, 2.45) is 0 Å². The Bertz CT molecular complexity index is 1780. The number of carbonyl (C=O) groups excluding carboxylic acids is 1. The second-order valence-corrected chi connectivity index (χ2v) is 11.9. The molecule has 3 aromatic carbocycles. The van der Waals surface area contributed by atoms with Crippen LogP contribution in [0.4, 0.5) is 5.69 Å². The number of rotatable bonds is 10. The van der Waals surface area contributed by atoms with Crippen LogP contribution in [-0.2, 0) is 13.1 Å². The monoisotopic (exact) mass is 607 g/mol. The molecule has 1 aliphatic rings. The number of nitrogens with one attached hydrogen (secondary N) is 1. The van der Waals surface area contributed by atoms with Gasteiger partial charge in [0.2, 0.25) is 5.78 Å². The summed E-state index contributed by atoms with van der Waals surface area (Å²) >= 11 is 6.09. The molecule has 6 rings (SSSR count). The summed E-state index contributed by atoms with van der Waals surface area (Å²) < 4.78 is 3.72. The lowest BCUT2D eigenvalue weighted by molar-refractivity contribution is 0.0951. The number of unbranched alkanes of at least 4 members (excludes halogenated alkanes) is 2. The van der Waals surface area contributed by atoms with Gasteiger partial charge in [0.15, 0.2) is 0 Å². The van der Waals surface area contributed by atoms with E-state index in [4.69, 9.17) is 16.6 Å². The predicted molar refractivity (Wildman–Crippen MR) is 179 cm³/mol. The molecule has 0 saturated carbocycles. The van der Waals surface area contributed by atoms with Crippen molar-refractivity contribution in [1.82, 2.24) is 19.3 Å². The van der Waals surface area contributed by atoms with E-state index in [2.05, 4.69) is 46.0 Å². The number of fused-ring (bicyclic) bond motifs is 1. The largest absolute Gasteiger partial charge is 0.372 e. The average Bonchev–Trinajstić information content (AvgIpc) is 3.52. The zero-order valence-corrected chi connectivity index (χ0v) is 25.9. The van der Waals surface area contributed by atoms with Crippen LogP contribution in [0.15, 0.2) is 89.9 Å². The number of benzene rings is 3. The lowest BCUT2D eigenvalue weighted by atomic mass is 10.1. The van der Waals surface area contributed by atoms with Crippen molar-refractivity contribution < 1.29 is 4.79 Å². The van der Waals surface area contributed by atoms with Gasteiger partial charge < -0.3 is 14.8 Å². The van der Waals surface area contributed by atoms with Crippen molar-refractivity contribution in [1.29, 1.82) is 0 Å². The lowest BCUT2D eigenvalue weighted by Gasteiger charge is -2.28. The summed E-state index contributed by atoms with van der Waals surface area (Å²) in [6, 6.07) is 25.1. The Morgan fingerprint density at radius 2 is 1.59 bits per heavy atom. The third-order valence-corrected chi connectivity index (χ3v) is 8.65. The third-order valence-electron chi connectivity index (χ3n) is 8.40. The van der Waals surface area contributed by atoms with Crippen molar-refractivity contribution in [2.45, 2.75) is 58.5 Å². The quantitative estimate of drug-likeness (QED) is 0.166. The molecule has 8 heteroatoms. The highest BCUT2D eigenvalue weighted by atomic mass is 35.5. The van der Waals surface area contributed by atoms with Gasteiger partial charge in [0.05, 0.1) is 11.4 Å². The highest BCUT2D eigenvalue weighted by Crippen LogP contribution is 2.26. The van der Waals surface area contributed by atoms with E-state index in [-0.39, 0.29) is 11.5 Å². The normalized spacial score (nSPS) is 13.4. The molecule has 0 atom stereocenters. The van der Waals surface area contributed by atoms with Crippen LogP contribution < -0.4 is 15.8 Å². The maximum absolute atomic E-state index is 13.3. The van der Waals surface area contributed by atoms with Gasteiger partial charge in [-0.3, -0.25) is 14.0 Å². The number of amides is 1. The highest BCUT2D eigenvalue weighted by Gasteiger charge is 2.16. The first-order valence-electron chi connectivity index (χ1n) is 15.6. The van der Waals surface area contributed by atoms with E-state index in [1.165, 1.54) is 24.9 Å². The Kier molecular flexibility index (Phi) is 9.12. The fourth-order valence-electron chi connectivity index (χ4n) is 5.89. The van der Waals surface area contributed by atoms with Crippen LogP contribution >= 0.6 is 11.6 Å². The molecule has 3 heterocycles. The van der Waals surface area contributed by atoms with E-state index in [0.717, 1.165) is 61.3 Å². The topological polar surface area (TPSA) is 71.6 Å². The number of hydrogen-bond donors (Lipinski definition) is 1. The molecule has 5 aromatic rings. The van der Waals surface area contributed by atoms with Crippen LogP contribution in [0.1, 0.15) is 61.4 Å². The molecular formula is C36H38ClN5O2. The van der Waals surface area contributed by atoms with Gasteiger partial charge in [0.1, 0.15) is 0 Å². The van der Waals surface area contributed by atoms with Gasteiger partial charge >= 0.3 is 0 Å². The summed E-state index contributed by atoms with van der Waals surface area (Å²) in [4.78, 5) is 33.6. The number of nitrogens with zero attached hydrogens (tertiary/aromatic N) is 4. The second-order valence-electron chi connectivity index (χ2n) is 11.5. The average molecular weight is 608 g/mol. The molecule has 1 saturated heterocycles. The fraction of sp³-hybridized carbons (Fsp3) is 0.306. The first-order valence-corrected chi connectivity index (χ1v) is 16.0. The van der Waals surface area contributed by atoms with Gasteiger partial charge in [-0.2, -0.15) is 0 Å². The van der Waals surface area contributed by atoms with Crippen molar-refractivity contribution in [3.8, 4) is 22.5 Å². The number of hydrogen-bond acceptors (Lipinski definition) is 4. The van der Waals surface area contributed by atoms with E-state index in [1.807, 2.05) is 48.5 Å². The minimum absolute atomic E-state index is 0.131. The van der Waals surface area contributed by atoms with Crippen LogP contribution in [0, 0.1) is 0 Å². The maximum atomic E-state index is 13.3. The molecule has 1 aliphatic heterocycles. The smallest absolute Gasteiger partial charge is 0.259 e. The van der Waals surface area contributed by atoms with Gasteiger partial charge in [-0.15, -0.1) is 0 Å². The Hall–Kier alpha value is -4.36. The van der Waals surface area contributed by atoms with E-state index in [1.54, 1.807) is 16.7 Å². The van der Waals surface area contributed by atoms with Crippen LogP contribution in [0.3, 0.4) is 0 Å². The summed E-state index contributed by atoms with van der Waals surface area (Å²) in [5.74, 6) is 0.468. The Morgan fingerprint density at radius 1 is 0.886 bits per heavy atom. The summed E-state index contributed by atoms with van der Waals surface area (Å²) in [5.41, 5.74) is 6.00. The third kappa shape index (κ3) is 6.58. The molecule has 1 fully saturated rings. The molecule has 0 radical (unpaired) electrons. The highest BCUT2D eigenvalue weighted by molar-refractivity contribution is 6.30. The van der Waals surface area contributed by atoms with E-state index < -0.39 is 0 Å². The van der Waals surface area contributed by atoms with E-state index >= 15 is 0 Å². The Morgan fingerprint density at radius 3 is 2.30 bits per heavy atom. The minimum atomic E-state index is -0.150. The van der Waals surface area contributed by atoms with Crippen molar-refractivity contribution in [2.75, 3.05) is 18.0 Å². The lowest BCUT2D eigenvalue weighted by Crippen LogP contribution is -2.29. The van der Waals surface area contributed by atoms with Crippen molar-refractivity contribution >= 4 is 29.0 Å². The van der Waals surface area contributed by atoms with Crippen LogP contribution in [0.5, 0.6) is 0 Å². The summed E-state index contributed by atoms with van der Waals surface area (Å²) in [6.45, 7) is 5.58. The van der Waals surface area contributed by atoms with Crippen molar-refractivity contribution in [3.05, 3.63) is 112 Å². The first-order chi connectivity index (χ1) is 21.5. The molecule has 0 bridgehead atoms. The second kappa shape index (κ2) is 13.5. The Labute approximate surface area is 263 Å². The molecule has 1 N–H and O–H groups in total. The van der Waals surface area contributed by atoms with Crippen LogP contribution in [-0.4, -0.2) is 32.9 Å². The number of anilines is 1. The van der Waals surface area contributed by atoms with Crippen LogP contribution in [0.25, 0.3) is 28.3 Å². The zero-order chi connectivity index (χ0) is 30.5. The van der Waals surface area contributed by atoms with Crippen LogP contribution in [0.2, 0.25) is 5.02 Å². The number of carbonyl (C=O) groups is 1. The minimum Gasteiger partial charge on any atom is -0.372 e. The van der Waals surface area contributed by atoms with Crippen molar-refractivity contribution in [3.63, 3.8) is 0 Å². The van der Waals surface area contributed by atoms with E-state index in [0.29, 0.717) is 28.6 Å². The molecule has 1 amide bonds. The molecule has 0 spiro atoms. The molecule has 44 heavy (non-hydrogen) atoms. The SMILES string of the molecule is CCCCCn1c(-c2ccc(C(=O)NCc3ccc(N4CCCCC4)cc3)cc2)cc(=O)n2cc(-c3ccc(Cl)cc3)nc12. The summed E-state index contributed by atoms with van der Waals surface area (Å²) in [7, 11) is 0. The van der Waals surface area contributed by atoms with Gasteiger partial charge in [0.25, 0.3) is 11.5 Å². The number of aromatic nitrogens is 3. The van der Waals surface area contributed by atoms with E-state index in [9.17, 15) is 9.59 Å². The molecule has 2 aromatic heterocycles. The standard InChI is InChI=1S/C36H38ClN5O2/c1-2-3-5-22-41-33(23-34(43)42-25-32(39-36(41)42)27-14-16-30(37)17-15-27)28-10-12-29(13-11-28)35(44)38-24-26-8-18-31(19-9-26)40-20-6-4-7-21-40/h8-19,23,25H,2-7,20-22,24H2,1H3,(H,38,44). The maximum Gasteiger partial charge on any atom is 0.259 e. The van der Waals surface area contributed by atoms with Gasteiger partial charge in [0, 0.05) is 60.3 Å². The number of piperidine rings is 1. The molecular weight excluding hydrogens is 570 g/mol. The molecule has 226 valence electrons. The number of imidazole rings is 1. The van der Waals surface area contributed by atoms with Gasteiger partial charge in [-0.1, -0.05) is 67.8 Å². The predicted octanol–water partition coefficient (Wildman–Crippen LogP) is 7.59. The Balaban J connectivity index is 1.21. The first kappa shape index (κ1) is 29.7.